The van der Waals surface area contributed by atoms with E-state index in [0.29, 0.717) is 8.45 Å². The summed E-state index contributed by atoms with van der Waals surface area (Å²) in [4.78, 5) is 34.4. The molecule has 0 radical (unpaired) electrons. The Kier molecular flexibility index (Phi) is 5.47. The minimum atomic E-state index is -0.628. The first-order valence-corrected chi connectivity index (χ1v) is 8.37. The Labute approximate surface area is 150 Å². The number of rotatable bonds is 3. The Hall–Kier alpha value is -1.53. The van der Waals surface area contributed by atoms with Gasteiger partial charge in [0.2, 0.25) is 0 Å². The molecule has 0 bridgehead atoms. The fourth-order valence-corrected chi connectivity index (χ4v) is 3.34. The van der Waals surface area contributed by atoms with Gasteiger partial charge < -0.3 is 0 Å². The summed E-state index contributed by atoms with van der Waals surface area (Å²) in [6.07, 6.45) is 0. The lowest BCUT2D eigenvalue weighted by molar-refractivity contribution is -0.384. The van der Waals surface area contributed by atoms with Crippen molar-refractivity contribution < 1.29 is 14.5 Å². The van der Waals surface area contributed by atoms with Gasteiger partial charge in [-0.25, -0.2) is 0 Å². The van der Waals surface area contributed by atoms with E-state index in [0.717, 1.165) is 9.85 Å². The van der Waals surface area contributed by atoms with E-state index >= 15 is 0 Å². The molecule has 0 fully saturated rings. The van der Waals surface area contributed by atoms with E-state index in [2.05, 4.69) is 26.8 Å². The first kappa shape index (κ1) is 16.8. The maximum absolute atomic E-state index is 12.0. The molecule has 2 amide bonds. The van der Waals surface area contributed by atoms with Crippen molar-refractivity contribution in [1.82, 2.24) is 10.9 Å². The Balaban J connectivity index is 2.08. The number of carbonyl (C=O) groups is 2. The SMILES string of the molecule is O=C(NNC(=O)c1cc([N+](=O)[O-])ccc1I)c1ccc(Br)s1. The highest BCUT2D eigenvalue weighted by Crippen LogP contribution is 2.22. The van der Waals surface area contributed by atoms with Crippen LogP contribution in [-0.4, -0.2) is 16.7 Å². The van der Waals surface area contributed by atoms with Crippen LogP contribution in [0.1, 0.15) is 20.0 Å². The molecule has 1 aromatic carbocycles. The van der Waals surface area contributed by atoms with Crippen molar-refractivity contribution in [2.45, 2.75) is 0 Å². The number of nitrogens with zero attached hydrogens (tertiary/aromatic N) is 1. The van der Waals surface area contributed by atoms with Crippen LogP contribution in [0.25, 0.3) is 0 Å². The molecule has 114 valence electrons. The molecule has 0 unspecified atom stereocenters. The summed E-state index contributed by atoms with van der Waals surface area (Å²) in [6.45, 7) is 0. The minimum absolute atomic E-state index is 0.113. The summed E-state index contributed by atoms with van der Waals surface area (Å²) in [7, 11) is 0. The van der Waals surface area contributed by atoms with Gasteiger partial charge in [-0.05, 0) is 56.7 Å². The molecule has 0 saturated heterocycles. The molecule has 10 heteroatoms. The second-order valence-electron chi connectivity index (χ2n) is 3.93. The Bertz CT molecular complexity index is 765. The highest BCUT2D eigenvalue weighted by molar-refractivity contribution is 14.1. The largest absolute Gasteiger partial charge is 0.279 e. The van der Waals surface area contributed by atoms with Crippen LogP contribution in [0.5, 0.6) is 0 Å². The number of non-ortho nitro benzene ring substituents is 1. The van der Waals surface area contributed by atoms with E-state index in [4.69, 9.17) is 0 Å². The van der Waals surface area contributed by atoms with Crippen LogP contribution in [-0.2, 0) is 0 Å². The van der Waals surface area contributed by atoms with Gasteiger partial charge in [-0.15, -0.1) is 11.3 Å². The topological polar surface area (TPSA) is 101 Å². The number of amides is 2. The fraction of sp³-hybridized carbons (Fsp3) is 0. The first-order valence-electron chi connectivity index (χ1n) is 5.68. The molecule has 0 aliphatic carbocycles. The van der Waals surface area contributed by atoms with Crippen molar-refractivity contribution in [2.24, 2.45) is 0 Å². The molecule has 0 aliphatic rings. The van der Waals surface area contributed by atoms with Gasteiger partial charge in [0.15, 0.2) is 0 Å². The van der Waals surface area contributed by atoms with Gasteiger partial charge in [-0.3, -0.25) is 30.6 Å². The van der Waals surface area contributed by atoms with Gasteiger partial charge in [-0.2, -0.15) is 0 Å². The van der Waals surface area contributed by atoms with Crippen LogP contribution in [0.15, 0.2) is 34.1 Å². The third kappa shape index (κ3) is 4.01. The molecule has 0 aliphatic heterocycles. The van der Waals surface area contributed by atoms with Gasteiger partial charge in [0, 0.05) is 15.7 Å². The average molecular weight is 496 g/mol. The highest BCUT2D eigenvalue weighted by atomic mass is 127. The Morgan fingerprint density at radius 3 is 2.45 bits per heavy atom. The number of hydrogen-bond acceptors (Lipinski definition) is 5. The summed E-state index contributed by atoms with van der Waals surface area (Å²) < 4.78 is 1.33. The highest BCUT2D eigenvalue weighted by Gasteiger charge is 2.16. The van der Waals surface area contributed by atoms with Gasteiger partial charge in [0.1, 0.15) is 0 Å². The maximum atomic E-state index is 12.0. The third-order valence-corrected chi connectivity index (χ3v) is 5.06. The number of hydrogen-bond donors (Lipinski definition) is 2. The van der Waals surface area contributed by atoms with E-state index in [9.17, 15) is 19.7 Å². The molecular formula is C12H7BrIN3O4S. The molecule has 2 aromatic rings. The molecule has 7 nitrogen and oxygen atoms in total. The summed E-state index contributed by atoms with van der Waals surface area (Å²) in [5, 5.41) is 10.7. The first-order chi connectivity index (χ1) is 10.4. The summed E-state index contributed by atoms with van der Waals surface area (Å²) >= 11 is 6.34. The summed E-state index contributed by atoms with van der Waals surface area (Å²) in [6, 6.07) is 7.25. The van der Waals surface area contributed by atoms with Crippen LogP contribution in [0.3, 0.4) is 0 Å². The molecule has 1 heterocycles. The predicted molar refractivity (Wildman–Crippen MR) is 92.8 cm³/mol. The number of nitro benzene ring substituents is 1. The average Bonchev–Trinajstić information content (AvgIpc) is 2.91. The lowest BCUT2D eigenvalue weighted by Crippen LogP contribution is -2.41. The standard InChI is InChI=1S/C12H7BrIN3O4S/c13-10-4-3-9(22-10)12(19)16-15-11(18)7-5-6(17(20)21)1-2-8(7)14/h1-5H,(H,15,18)(H,16,19). The summed E-state index contributed by atoms with van der Waals surface area (Å²) in [5.41, 5.74) is 4.42. The van der Waals surface area contributed by atoms with Crippen molar-refractivity contribution in [3.8, 4) is 0 Å². The zero-order valence-corrected chi connectivity index (χ0v) is 15.2. The minimum Gasteiger partial charge on any atom is -0.267 e. The van der Waals surface area contributed by atoms with Crippen molar-refractivity contribution in [3.63, 3.8) is 0 Å². The second kappa shape index (κ2) is 7.15. The Morgan fingerprint density at radius 2 is 1.86 bits per heavy atom. The van der Waals surface area contributed by atoms with E-state index in [-0.39, 0.29) is 11.3 Å². The molecule has 0 spiro atoms. The molecule has 0 saturated carbocycles. The van der Waals surface area contributed by atoms with Crippen LogP contribution in [0, 0.1) is 13.7 Å². The van der Waals surface area contributed by atoms with Gasteiger partial charge >= 0.3 is 0 Å². The van der Waals surface area contributed by atoms with Crippen LogP contribution < -0.4 is 10.9 Å². The summed E-state index contributed by atoms with van der Waals surface area (Å²) in [5.74, 6) is -1.10. The van der Waals surface area contributed by atoms with Crippen molar-refractivity contribution in [3.05, 3.63) is 58.2 Å². The van der Waals surface area contributed by atoms with E-state index < -0.39 is 16.7 Å². The quantitative estimate of drug-likeness (QED) is 0.388. The number of thiophene rings is 1. The van der Waals surface area contributed by atoms with Crippen LogP contribution in [0.4, 0.5) is 5.69 Å². The number of nitro groups is 1. The molecular weight excluding hydrogens is 489 g/mol. The zero-order chi connectivity index (χ0) is 16.3. The molecule has 0 atom stereocenters. The smallest absolute Gasteiger partial charge is 0.267 e. The van der Waals surface area contributed by atoms with Gasteiger partial charge in [0.05, 0.1) is 19.2 Å². The van der Waals surface area contributed by atoms with E-state index in [1.54, 1.807) is 12.1 Å². The predicted octanol–water partition coefficient (Wildman–Crippen LogP) is 3.10. The van der Waals surface area contributed by atoms with Gasteiger partial charge in [-0.1, -0.05) is 0 Å². The number of hydrazine groups is 1. The lowest BCUT2D eigenvalue weighted by Gasteiger charge is -2.07. The molecule has 22 heavy (non-hydrogen) atoms. The number of benzene rings is 1. The van der Waals surface area contributed by atoms with Crippen molar-refractivity contribution in [1.29, 1.82) is 0 Å². The molecule has 2 N–H and O–H groups in total. The number of carbonyl (C=O) groups excluding carboxylic acids is 2. The Morgan fingerprint density at radius 1 is 1.18 bits per heavy atom. The zero-order valence-electron chi connectivity index (χ0n) is 10.6. The maximum Gasteiger partial charge on any atom is 0.279 e. The van der Waals surface area contributed by atoms with Crippen LogP contribution >= 0.6 is 49.9 Å². The third-order valence-electron chi connectivity index (χ3n) is 2.49. The van der Waals surface area contributed by atoms with E-state index in [1.807, 2.05) is 22.6 Å². The van der Waals surface area contributed by atoms with Crippen molar-refractivity contribution in [2.75, 3.05) is 0 Å². The second-order valence-corrected chi connectivity index (χ2v) is 7.56. The van der Waals surface area contributed by atoms with Gasteiger partial charge in [0.25, 0.3) is 17.5 Å². The van der Waals surface area contributed by atoms with E-state index in [1.165, 1.54) is 23.5 Å². The molecule has 2 rings (SSSR count). The monoisotopic (exact) mass is 495 g/mol. The van der Waals surface area contributed by atoms with Crippen LogP contribution in [0.2, 0.25) is 0 Å². The lowest BCUT2D eigenvalue weighted by atomic mass is 10.2. The number of halogens is 2. The van der Waals surface area contributed by atoms with Crippen molar-refractivity contribution >= 4 is 67.4 Å². The molecule has 1 aromatic heterocycles. The normalized spacial score (nSPS) is 10.1. The fourth-order valence-electron chi connectivity index (χ4n) is 1.48. The number of nitrogens with one attached hydrogen (secondary N) is 2.